The van der Waals surface area contributed by atoms with Crippen molar-refractivity contribution in [2.24, 2.45) is 32.4 Å². The van der Waals surface area contributed by atoms with Crippen molar-refractivity contribution in [2.45, 2.75) is 56.3 Å². The zero-order chi connectivity index (χ0) is 39.1. The predicted molar refractivity (Wildman–Crippen MR) is 186 cm³/mol. The van der Waals surface area contributed by atoms with Crippen LogP contribution in [0.1, 0.15) is 30.4 Å². The summed E-state index contributed by atoms with van der Waals surface area (Å²) in [4.78, 5) is 91.6. The molecule has 0 saturated heterocycles. The summed E-state index contributed by atoms with van der Waals surface area (Å²) < 4.78 is 0. The van der Waals surface area contributed by atoms with Gasteiger partial charge in [-0.3, -0.25) is 33.8 Å². The number of carbonyl (C=O) groups excluding carboxylic acids is 5. The lowest BCUT2D eigenvalue weighted by Crippen LogP contribution is -2.55. The van der Waals surface area contributed by atoms with Gasteiger partial charge in [0, 0.05) is 13.0 Å². The smallest absolute Gasteiger partial charge is 0.326 e. The number of nitrogens with zero attached hydrogens (tertiary/aromatic N) is 3. The summed E-state index contributed by atoms with van der Waals surface area (Å²) in [5.41, 5.74) is 18.2. The molecule has 0 saturated carbocycles. The summed E-state index contributed by atoms with van der Waals surface area (Å²) >= 11 is 0. The Hall–Kier alpha value is -6.64. The first kappa shape index (κ1) is 40.8. The zero-order valence-corrected chi connectivity index (χ0v) is 28.3. The number of hydrogen-bond acceptors (Lipinski definition) is 12. The highest BCUT2D eigenvalue weighted by Crippen LogP contribution is 2.30. The number of aliphatic carboxylic acids is 2. The third-order valence-corrected chi connectivity index (χ3v) is 7.57. The molecule has 5 amide bonds. The lowest BCUT2D eigenvalue weighted by Gasteiger charge is -2.21. The van der Waals surface area contributed by atoms with E-state index >= 15 is 0 Å². The molecule has 4 atom stereocenters. The van der Waals surface area contributed by atoms with E-state index in [1.807, 2.05) is 0 Å². The van der Waals surface area contributed by atoms with Gasteiger partial charge < -0.3 is 59.1 Å². The number of carbonyl (C=O) groups is 7. The molecule has 0 radical (unpaired) electrons. The number of rotatable bonds is 7. The standard InChI is InChI=1S/C32H41N11O10/c33-19-10-16-3-6-18(7-4-16)42-43-21-11-17(5-8-24(21)44)12-23(31(52)53)40-26(46)15-38-30(51)22(13-27(47)48)39-25(45)14-37-29(50)20(41-28(19)49)2-1-9-36-32(34)35/h3-8,11,19-20,22-23,44H,1-2,9-10,12-15,33H2,(H,37,50)(H,38,51)(H,39,45)(H,40,46)(H,41,49)(H,47,48)(H,52,53)(H4,34,35,36)/t19-,20-,22-,23-/m0/s1. The number of azo groups is 1. The van der Waals surface area contributed by atoms with Crippen LogP contribution in [0.2, 0.25) is 0 Å². The minimum atomic E-state index is -1.70. The first-order valence-corrected chi connectivity index (χ1v) is 16.1. The molecular formula is C32H41N11O10. The molecule has 14 N–H and O–H groups in total. The van der Waals surface area contributed by atoms with Crippen LogP contribution in [0.25, 0.3) is 0 Å². The molecule has 2 aliphatic heterocycles. The van der Waals surface area contributed by atoms with Crippen molar-refractivity contribution in [1.82, 2.24) is 26.6 Å². The van der Waals surface area contributed by atoms with Crippen molar-refractivity contribution in [2.75, 3.05) is 19.6 Å². The maximum atomic E-state index is 13.1. The first-order valence-electron chi connectivity index (χ1n) is 16.1. The van der Waals surface area contributed by atoms with Crippen LogP contribution in [-0.4, -0.2) is 107 Å². The van der Waals surface area contributed by atoms with Crippen molar-refractivity contribution < 1.29 is 48.9 Å². The molecule has 4 rings (SSSR count). The Morgan fingerprint density at radius 2 is 1.42 bits per heavy atom. The van der Waals surface area contributed by atoms with E-state index < -0.39 is 85.2 Å². The van der Waals surface area contributed by atoms with E-state index in [4.69, 9.17) is 17.2 Å². The number of carboxylic acids is 2. The van der Waals surface area contributed by atoms with Gasteiger partial charge in [-0.25, -0.2) is 4.79 Å². The number of guanidine groups is 1. The maximum absolute atomic E-state index is 13.1. The van der Waals surface area contributed by atoms with Gasteiger partial charge in [-0.15, -0.1) is 5.11 Å². The molecule has 53 heavy (non-hydrogen) atoms. The lowest BCUT2D eigenvalue weighted by atomic mass is 10.0. The number of fused-ring (bicyclic) bond motifs is 19. The van der Waals surface area contributed by atoms with Gasteiger partial charge in [0.05, 0.1) is 31.2 Å². The van der Waals surface area contributed by atoms with Crippen LogP contribution < -0.4 is 43.8 Å². The number of phenolic OH excluding ortho intramolecular Hbond substituents is 1. The van der Waals surface area contributed by atoms with Crippen LogP contribution >= 0.6 is 0 Å². The molecule has 2 aliphatic rings. The number of carboxylic acid groups (broad SMARTS) is 2. The fourth-order valence-electron chi connectivity index (χ4n) is 4.88. The second-order valence-electron chi connectivity index (χ2n) is 11.8. The van der Waals surface area contributed by atoms with Gasteiger partial charge in [0.15, 0.2) is 5.96 Å². The van der Waals surface area contributed by atoms with E-state index in [1.54, 1.807) is 24.3 Å². The summed E-state index contributed by atoms with van der Waals surface area (Å²) in [7, 11) is 0. The highest BCUT2D eigenvalue weighted by atomic mass is 16.4. The molecule has 2 aromatic rings. The molecule has 2 aromatic carbocycles. The molecule has 0 fully saturated rings. The summed E-state index contributed by atoms with van der Waals surface area (Å²) in [5, 5.41) is 48.9. The minimum Gasteiger partial charge on any atom is -0.506 e. The topological polar surface area (TPSA) is 355 Å². The van der Waals surface area contributed by atoms with E-state index in [0.717, 1.165) is 0 Å². The third-order valence-electron chi connectivity index (χ3n) is 7.57. The number of benzene rings is 2. The minimum absolute atomic E-state index is 0.00577. The lowest BCUT2D eigenvalue weighted by molar-refractivity contribution is -0.142. The molecule has 0 spiro atoms. The fraction of sp³-hybridized carbons (Fsp3) is 0.375. The molecule has 2 heterocycles. The normalized spacial score (nSPS) is 20.8. The number of aliphatic imine (C=N–C) groups is 1. The first-order chi connectivity index (χ1) is 25.1. The van der Waals surface area contributed by atoms with E-state index in [1.165, 1.54) is 18.2 Å². The van der Waals surface area contributed by atoms with E-state index in [0.29, 0.717) is 16.8 Å². The van der Waals surface area contributed by atoms with E-state index in [-0.39, 0.29) is 49.6 Å². The Kier molecular flexibility index (Phi) is 15.1. The Bertz CT molecular complexity index is 1750. The number of amides is 5. The highest BCUT2D eigenvalue weighted by Gasteiger charge is 2.28. The van der Waals surface area contributed by atoms with Crippen molar-refractivity contribution in [3.05, 3.63) is 53.6 Å². The monoisotopic (exact) mass is 739 g/mol. The van der Waals surface area contributed by atoms with Crippen LogP contribution in [0.3, 0.4) is 0 Å². The summed E-state index contributed by atoms with van der Waals surface area (Å²) in [6.45, 7) is -1.41. The van der Waals surface area contributed by atoms with Crippen LogP contribution in [0, 0.1) is 0 Å². The van der Waals surface area contributed by atoms with Gasteiger partial charge in [-0.2, -0.15) is 5.11 Å². The molecule has 21 heteroatoms. The fourth-order valence-corrected chi connectivity index (χ4v) is 4.88. The molecule has 0 unspecified atom stereocenters. The average Bonchev–Trinajstić information content (AvgIpc) is 3.10. The summed E-state index contributed by atoms with van der Waals surface area (Å²) in [6.07, 6.45) is -0.866. The van der Waals surface area contributed by atoms with Crippen molar-refractivity contribution in [3.8, 4) is 5.75 Å². The van der Waals surface area contributed by atoms with Crippen LogP contribution in [-0.2, 0) is 46.4 Å². The van der Waals surface area contributed by atoms with Gasteiger partial charge in [-0.05, 0) is 54.7 Å². The Morgan fingerprint density at radius 1 is 0.792 bits per heavy atom. The number of hydrogen-bond donors (Lipinski definition) is 11. The zero-order valence-electron chi connectivity index (χ0n) is 28.3. The Labute approximate surface area is 301 Å². The van der Waals surface area contributed by atoms with Gasteiger partial charge in [0.1, 0.15) is 29.6 Å². The number of nitrogens with two attached hydrogens (primary N) is 3. The molecule has 21 nitrogen and oxygen atoms in total. The van der Waals surface area contributed by atoms with Gasteiger partial charge >= 0.3 is 11.9 Å². The van der Waals surface area contributed by atoms with Crippen LogP contribution in [0.15, 0.2) is 57.7 Å². The largest absolute Gasteiger partial charge is 0.506 e. The highest BCUT2D eigenvalue weighted by molar-refractivity contribution is 5.95. The van der Waals surface area contributed by atoms with Crippen molar-refractivity contribution in [1.29, 1.82) is 0 Å². The maximum Gasteiger partial charge on any atom is 0.326 e. The van der Waals surface area contributed by atoms with Gasteiger partial charge in [0.25, 0.3) is 0 Å². The number of aromatic hydroxyl groups is 1. The average molecular weight is 740 g/mol. The number of nitrogens with one attached hydrogen (secondary N) is 5. The predicted octanol–water partition coefficient (Wildman–Crippen LogP) is -2.47. The van der Waals surface area contributed by atoms with Crippen molar-refractivity contribution in [3.63, 3.8) is 0 Å². The number of phenols is 1. The SMILES string of the molecule is NC(N)=NCCC[C@@H]1NC(=O)[C@@H](N)Cc2ccc(cc2)N=Nc2cc(ccc2O)C[C@@H](C(=O)O)NC(=O)CNC(=O)[C@H](CC(=O)O)NC(=O)CNC1=O. The van der Waals surface area contributed by atoms with Crippen LogP contribution in [0.5, 0.6) is 5.75 Å². The molecule has 284 valence electrons. The summed E-state index contributed by atoms with van der Waals surface area (Å²) in [6, 6.07) is 4.98. The quantitative estimate of drug-likeness (QED) is 0.0608. The van der Waals surface area contributed by atoms with Crippen molar-refractivity contribution >= 4 is 58.8 Å². The Balaban J connectivity index is 1.90. The summed E-state index contributed by atoms with van der Waals surface area (Å²) in [5.74, 6) is -7.88. The molecular weight excluding hydrogens is 698 g/mol. The van der Waals surface area contributed by atoms with Gasteiger partial charge in [0.2, 0.25) is 29.5 Å². The van der Waals surface area contributed by atoms with E-state index in [2.05, 4.69) is 41.8 Å². The second kappa shape index (κ2) is 19.7. The second-order valence-corrected chi connectivity index (χ2v) is 11.8. The van der Waals surface area contributed by atoms with Crippen LogP contribution in [0.4, 0.5) is 11.4 Å². The molecule has 0 aliphatic carbocycles. The molecule has 4 bridgehead atoms. The molecule has 0 aromatic heterocycles. The van der Waals surface area contributed by atoms with E-state index in [9.17, 15) is 48.9 Å². The van der Waals surface area contributed by atoms with Gasteiger partial charge in [-0.1, -0.05) is 18.2 Å². The Morgan fingerprint density at radius 3 is 2.04 bits per heavy atom. The third kappa shape index (κ3) is 13.9.